The largest absolute Gasteiger partial charge is 0.341 e. The minimum absolute atomic E-state index is 0.0410. The van der Waals surface area contributed by atoms with E-state index in [1.165, 1.54) is 0 Å². The third-order valence-corrected chi connectivity index (χ3v) is 5.90. The molecule has 0 spiro atoms. The number of para-hydroxylation sites is 1. The van der Waals surface area contributed by atoms with Crippen LogP contribution in [0.3, 0.4) is 0 Å². The third kappa shape index (κ3) is 4.38. The predicted molar refractivity (Wildman–Crippen MR) is 121 cm³/mol. The van der Waals surface area contributed by atoms with Crippen molar-refractivity contribution >= 4 is 34.2 Å². The molecule has 160 valence electrons. The van der Waals surface area contributed by atoms with Crippen molar-refractivity contribution in [3.05, 3.63) is 65.4 Å². The van der Waals surface area contributed by atoms with E-state index in [2.05, 4.69) is 5.32 Å². The van der Waals surface area contributed by atoms with Crippen molar-refractivity contribution in [1.29, 1.82) is 0 Å². The molecule has 1 aromatic heterocycles. The number of benzene rings is 2. The van der Waals surface area contributed by atoms with E-state index in [9.17, 15) is 14.4 Å². The number of nitrogens with one attached hydrogen (secondary N) is 1. The van der Waals surface area contributed by atoms with Crippen molar-refractivity contribution in [2.24, 2.45) is 0 Å². The summed E-state index contributed by atoms with van der Waals surface area (Å²) in [4.78, 5) is 40.5. The molecular formula is C25H27N3O3. The first kappa shape index (κ1) is 20.8. The highest BCUT2D eigenvalue weighted by Crippen LogP contribution is 2.24. The Bertz CT molecular complexity index is 1160. The van der Waals surface area contributed by atoms with Gasteiger partial charge in [0.15, 0.2) is 0 Å². The highest BCUT2D eigenvalue weighted by Gasteiger charge is 2.24. The van der Waals surface area contributed by atoms with Crippen LogP contribution < -0.4 is 5.32 Å². The van der Waals surface area contributed by atoms with Crippen LogP contribution in [-0.2, 0) is 16.1 Å². The normalized spacial score (nSPS) is 13.9. The maximum atomic E-state index is 13.0. The van der Waals surface area contributed by atoms with E-state index in [0.717, 1.165) is 49.0 Å². The van der Waals surface area contributed by atoms with Gasteiger partial charge in [0.25, 0.3) is 11.7 Å². The second-order valence-electron chi connectivity index (χ2n) is 8.23. The Balaban J connectivity index is 1.60. The second-order valence-corrected chi connectivity index (χ2v) is 8.23. The molecule has 0 bridgehead atoms. The Morgan fingerprint density at radius 3 is 2.48 bits per heavy atom. The van der Waals surface area contributed by atoms with Crippen LogP contribution in [0.2, 0.25) is 0 Å². The Hall–Kier alpha value is -3.41. The third-order valence-electron chi connectivity index (χ3n) is 5.90. The first-order valence-electron chi connectivity index (χ1n) is 10.7. The first-order valence-corrected chi connectivity index (χ1v) is 10.7. The maximum Gasteiger partial charge on any atom is 0.296 e. The van der Waals surface area contributed by atoms with Gasteiger partial charge in [-0.3, -0.25) is 14.4 Å². The van der Waals surface area contributed by atoms with Gasteiger partial charge in [-0.2, -0.15) is 0 Å². The molecule has 0 radical (unpaired) electrons. The van der Waals surface area contributed by atoms with Gasteiger partial charge in [-0.25, -0.2) is 0 Å². The molecule has 2 amide bonds. The zero-order valence-corrected chi connectivity index (χ0v) is 18.0. The van der Waals surface area contributed by atoms with E-state index in [1.54, 1.807) is 10.8 Å². The van der Waals surface area contributed by atoms with E-state index < -0.39 is 11.7 Å². The topological polar surface area (TPSA) is 71.4 Å². The summed E-state index contributed by atoms with van der Waals surface area (Å²) < 4.78 is 1.78. The van der Waals surface area contributed by atoms with Crippen LogP contribution in [0, 0.1) is 13.8 Å². The summed E-state index contributed by atoms with van der Waals surface area (Å²) in [6.45, 7) is 5.54. The molecule has 3 aromatic rings. The number of aryl methyl sites for hydroxylation is 2. The number of Topliss-reactive ketones (excluding diaryl/α,β-unsaturated/α-hetero) is 1. The van der Waals surface area contributed by atoms with Gasteiger partial charge in [0.1, 0.15) is 6.54 Å². The summed E-state index contributed by atoms with van der Waals surface area (Å²) in [5.41, 5.74) is 3.60. The number of piperidine rings is 1. The molecule has 1 fully saturated rings. The lowest BCUT2D eigenvalue weighted by Crippen LogP contribution is -2.37. The van der Waals surface area contributed by atoms with Gasteiger partial charge in [-0.05, 0) is 56.4 Å². The Morgan fingerprint density at radius 1 is 0.968 bits per heavy atom. The van der Waals surface area contributed by atoms with Crippen molar-refractivity contribution in [2.45, 2.75) is 39.7 Å². The number of nitrogens with zero attached hydrogens (tertiary/aromatic N) is 2. The molecule has 0 unspecified atom stereocenters. The number of likely N-dealkylation sites (tertiary alicyclic amines) is 1. The minimum Gasteiger partial charge on any atom is -0.341 e. The van der Waals surface area contributed by atoms with Crippen molar-refractivity contribution in [3.63, 3.8) is 0 Å². The van der Waals surface area contributed by atoms with Crippen LogP contribution >= 0.6 is 0 Å². The Kier molecular flexibility index (Phi) is 5.89. The number of hydrogen-bond donors (Lipinski definition) is 1. The molecule has 4 rings (SSSR count). The van der Waals surface area contributed by atoms with Gasteiger partial charge in [0.2, 0.25) is 5.91 Å². The van der Waals surface area contributed by atoms with Gasteiger partial charge in [0.05, 0.1) is 5.56 Å². The lowest BCUT2D eigenvalue weighted by atomic mass is 10.1. The standard InChI is InChI=1S/C25H27N3O3/c1-17-10-11-18(2)21(14-17)26-25(31)24(30)20-15-28(22-9-5-4-8-19(20)22)16-23(29)27-12-6-3-7-13-27/h4-5,8-11,14-15H,3,6-7,12-13,16H2,1-2H3,(H,26,31). The summed E-state index contributed by atoms with van der Waals surface area (Å²) in [6.07, 6.45) is 4.85. The van der Waals surface area contributed by atoms with E-state index >= 15 is 0 Å². The molecule has 1 saturated heterocycles. The van der Waals surface area contributed by atoms with E-state index in [-0.39, 0.29) is 12.5 Å². The fourth-order valence-corrected chi connectivity index (χ4v) is 4.12. The van der Waals surface area contributed by atoms with Crippen LogP contribution in [0.4, 0.5) is 5.69 Å². The van der Waals surface area contributed by atoms with Crippen molar-refractivity contribution in [3.8, 4) is 0 Å². The summed E-state index contributed by atoms with van der Waals surface area (Å²) in [5, 5.41) is 3.42. The number of carbonyl (C=O) groups is 3. The quantitative estimate of drug-likeness (QED) is 0.502. The number of amides is 2. The average molecular weight is 418 g/mol. The van der Waals surface area contributed by atoms with Gasteiger partial charge in [-0.1, -0.05) is 30.3 Å². The second kappa shape index (κ2) is 8.76. The van der Waals surface area contributed by atoms with Gasteiger partial charge in [-0.15, -0.1) is 0 Å². The van der Waals surface area contributed by atoms with Crippen molar-refractivity contribution in [1.82, 2.24) is 9.47 Å². The monoisotopic (exact) mass is 417 g/mol. The fourth-order valence-electron chi connectivity index (χ4n) is 4.12. The van der Waals surface area contributed by atoms with Crippen LogP contribution in [-0.4, -0.2) is 40.2 Å². The number of fused-ring (bicyclic) bond motifs is 1. The molecule has 0 atom stereocenters. The highest BCUT2D eigenvalue weighted by atomic mass is 16.2. The smallest absolute Gasteiger partial charge is 0.296 e. The SMILES string of the molecule is Cc1ccc(C)c(NC(=O)C(=O)c2cn(CC(=O)N3CCCCC3)c3ccccc23)c1. The molecule has 1 N–H and O–H groups in total. The fraction of sp³-hybridized carbons (Fsp3) is 0.320. The van der Waals surface area contributed by atoms with E-state index in [0.29, 0.717) is 16.6 Å². The van der Waals surface area contributed by atoms with Crippen molar-refractivity contribution in [2.75, 3.05) is 18.4 Å². The van der Waals surface area contributed by atoms with Crippen LogP contribution in [0.1, 0.15) is 40.7 Å². The molecule has 1 aliphatic rings. The molecule has 2 heterocycles. The van der Waals surface area contributed by atoms with E-state index in [1.807, 2.05) is 61.2 Å². The zero-order chi connectivity index (χ0) is 22.0. The number of anilines is 1. The van der Waals surface area contributed by atoms with Gasteiger partial charge < -0.3 is 14.8 Å². The molecule has 6 nitrogen and oxygen atoms in total. The molecule has 31 heavy (non-hydrogen) atoms. The molecular weight excluding hydrogens is 390 g/mol. The molecule has 0 saturated carbocycles. The maximum absolute atomic E-state index is 13.0. The van der Waals surface area contributed by atoms with E-state index in [4.69, 9.17) is 0 Å². The number of ketones is 1. The number of rotatable bonds is 5. The lowest BCUT2D eigenvalue weighted by molar-refractivity contribution is -0.132. The van der Waals surface area contributed by atoms with Gasteiger partial charge in [0, 0.05) is 35.9 Å². The lowest BCUT2D eigenvalue weighted by Gasteiger charge is -2.27. The molecule has 6 heteroatoms. The summed E-state index contributed by atoms with van der Waals surface area (Å²) in [5.74, 6) is -1.25. The van der Waals surface area contributed by atoms with Crippen LogP contribution in [0.15, 0.2) is 48.7 Å². The number of carbonyl (C=O) groups excluding carboxylic acids is 3. The summed E-state index contributed by atoms with van der Waals surface area (Å²) in [6, 6.07) is 13.1. The number of aromatic nitrogens is 1. The Labute approximate surface area is 181 Å². The van der Waals surface area contributed by atoms with Gasteiger partial charge >= 0.3 is 0 Å². The molecule has 2 aromatic carbocycles. The van der Waals surface area contributed by atoms with Crippen LogP contribution in [0.5, 0.6) is 0 Å². The Morgan fingerprint density at radius 2 is 1.71 bits per heavy atom. The molecule has 1 aliphatic heterocycles. The number of hydrogen-bond acceptors (Lipinski definition) is 3. The summed E-state index contributed by atoms with van der Waals surface area (Å²) >= 11 is 0. The predicted octanol–water partition coefficient (Wildman–Crippen LogP) is 4.09. The average Bonchev–Trinajstić information content (AvgIpc) is 3.14. The molecule has 0 aliphatic carbocycles. The van der Waals surface area contributed by atoms with Crippen molar-refractivity contribution < 1.29 is 14.4 Å². The summed E-state index contributed by atoms with van der Waals surface area (Å²) in [7, 11) is 0. The zero-order valence-electron chi connectivity index (χ0n) is 18.0. The van der Waals surface area contributed by atoms with Crippen LogP contribution in [0.25, 0.3) is 10.9 Å². The first-order chi connectivity index (χ1) is 14.9. The highest BCUT2D eigenvalue weighted by molar-refractivity contribution is 6.48. The minimum atomic E-state index is -0.682.